The number of halogens is 2. The molecule has 0 aromatic carbocycles. The van der Waals surface area contributed by atoms with Crippen LogP contribution < -0.4 is 5.73 Å². The molecule has 88 valence electrons. The maximum absolute atomic E-state index is 11.7. The van der Waals surface area contributed by atoms with Crippen LogP contribution in [0.5, 0.6) is 0 Å². The molecule has 2 N–H and O–H groups in total. The Hall–Kier alpha value is 0.0900. The number of rotatable bonds is 2. The predicted molar refractivity (Wildman–Crippen MR) is 72.4 cm³/mol. The van der Waals surface area contributed by atoms with Crippen molar-refractivity contribution in [3.63, 3.8) is 0 Å². The van der Waals surface area contributed by atoms with Gasteiger partial charge in [-0.2, -0.15) is 0 Å². The van der Waals surface area contributed by atoms with Crippen molar-refractivity contribution in [3.05, 3.63) is 19.2 Å². The second-order valence-corrected chi connectivity index (χ2v) is 7.02. The van der Waals surface area contributed by atoms with E-state index in [9.17, 15) is 4.79 Å². The predicted octanol–water partition coefficient (Wildman–Crippen LogP) is 2.89. The monoisotopic (exact) mass is 366 g/mol. The van der Waals surface area contributed by atoms with E-state index in [-0.39, 0.29) is 18.0 Å². The molecule has 1 amide bonds. The fourth-order valence-corrected chi connectivity index (χ4v) is 4.34. The first kappa shape index (κ1) is 12.5. The quantitative estimate of drug-likeness (QED) is 0.873. The first-order valence-electron chi connectivity index (χ1n) is 5.04. The van der Waals surface area contributed by atoms with E-state index in [0.29, 0.717) is 13.0 Å². The van der Waals surface area contributed by atoms with Crippen LogP contribution in [0.15, 0.2) is 14.3 Å². The zero-order valence-electron chi connectivity index (χ0n) is 8.74. The molecule has 0 saturated carbocycles. The van der Waals surface area contributed by atoms with Gasteiger partial charge in [0.1, 0.15) is 0 Å². The number of amides is 1. The topological polar surface area (TPSA) is 46.3 Å². The van der Waals surface area contributed by atoms with Gasteiger partial charge < -0.3 is 10.6 Å². The Morgan fingerprint density at radius 2 is 2.31 bits per heavy atom. The van der Waals surface area contributed by atoms with Crippen molar-refractivity contribution in [1.82, 2.24) is 4.90 Å². The molecule has 0 spiro atoms. The third-order valence-corrected chi connectivity index (χ3v) is 6.10. The summed E-state index contributed by atoms with van der Waals surface area (Å²) >= 11 is 8.56. The van der Waals surface area contributed by atoms with Crippen molar-refractivity contribution in [2.75, 3.05) is 6.54 Å². The van der Waals surface area contributed by atoms with Gasteiger partial charge >= 0.3 is 0 Å². The molecule has 6 heteroatoms. The summed E-state index contributed by atoms with van der Waals surface area (Å²) < 4.78 is 2.07. The van der Waals surface area contributed by atoms with Crippen LogP contribution in [0.3, 0.4) is 0 Å². The molecule has 2 unspecified atom stereocenters. The summed E-state index contributed by atoms with van der Waals surface area (Å²) in [6.45, 7) is 2.70. The molecule has 16 heavy (non-hydrogen) atoms. The van der Waals surface area contributed by atoms with Crippen molar-refractivity contribution in [2.24, 2.45) is 5.73 Å². The number of carbonyl (C=O) groups is 1. The molecule has 1 aliphatic rings. The van der Waals surface area contributed by atoms with Gasteiger partial charge in [0.15, 0.2) is 0 Å². The lowest BCUT2D eigenvalue weighted by atomic mass is 10.1. The van der Waals surface area contributed by atoms with Crippen molar-refractivity contribution in [1.29, 1.82) is 0 Å². The van der Waals surface area contributed by atoms with Gasteiger partial charge in [0.2, 0.25) is 5.91 Å². The highest BCUT2D eigenvalue weighted by atomic mass is 79.9. The maximum Gasteiger partial charge on any atom is 0.224 e. The standard InChI is InChI=1S/C10H12Br2N2OS/c1-2-14-8(15)4-6(13)9(14)7-3-5(11)10(12)16-7/h3,6,9H,2,4,13H2,1H3. The highest BCUT2D eigenvalue weighted by Gasteiger charge is 2.38. The van der Waals surface area contributed by atoms with Gasteiger partial charge in [-0.05, 0) is 44.8 Å². The second-order valence-electron chi connectivity index (χ2n) is 3.76. The Morgan fingerprint density at radius 1 is 1.62 bits per heavy atom. The molecule has 1 fully saturated rings. The highest BCUT2D eigenvalue weighted by Crippen LogP contribution is 2.41. The molecule has 1 aromatic rings. The number of nitrogens with two attached hydrogens (primary N) is 1. The van der Waals surface area contributed by atoms with E-state index in [1.165, 1.54) is 0 Å². The second kappa shape index (κ2) is 4.76. The van der Waals surface area contributed by atoms with Crippen LogP contribution in [0.2, 0.25) is 0 Å². The first-order valence-corrected chi connectivity index (χ1v) is 7.44. The Kier molecular flexibility index (Phi) is 3.73. The largest absolute Gasteiger partial charge is 0.333 e. The number of hydrogen-bond donors (Lipinski definition) is 1. The number of thiophene rings is 1. The lowest BCUT2D eigenvalue weighted by Crippen LogP contribution is -2.32. The van der Waals surface area contributed by atoms with Gasteiger partial charge in [0.25, 0.3) is 0 Å². The van der Waals surface area contributed by atoms with E-state index in [2.05, 4.69) is 31.9 Å². The van der Waals surface area contributed by atoms with E-state index < -0.39 is 0 Å². The molecule has 1 aliphatic heterocycles. The van der Waals surface area contributed by atoms with Crippen LogP contribution in [0.1, 0.15) is 24.3 Å². The Morgan fingerprint density at radius 3 is 2.81 bits per heavy atom. The van der Waals surface area contributed by atoms with Crippen molar-refractivity contribution >= 4 is 49.1 Å². The van der Waals surface area contributed by atoms with Crippen LogP contribution in [-0.4, -0.2) is 23.4 Å². The van der Waals surface area contributed by atoms with E-state index >= 15 is 0 Å². The van der Waals surface area contributed by atoms with Crippen molar-refractivity contribution in [2.45, 2.75) is 25.4 Å². The normalized spacial score (nSPS) is 25.5. The van der Waals surface area contributed by atoms with Crippen LogP contribution in [0.4, 0.5) is 0 Å². The minimum absolute atomic E-state index is 0.0325. The van der Waals surface area contributed by atoms with Gasteiger partial charge in [-0.25, -0.2) is 0 Å². The summed E-state index contributed by atoms with van der Waals surface area (Å²) in [6.07, 6.45) is 0.450. The molecule has 2 rings (SSSR count). The molecule has 0 aliphatic carbocycles. The van der Waals surface area contributed by atoms with E-state index in [0.717, 1.165) is 13.1 Å². The number of carbonyl (C=O) groups excluding carboxylic acids is 1. The zero-order valence-corrected chi connectivity index (χ0v) is 12.7. The summed E-state index contributed by atoms with van der Waals surface area (Å²) in [5.41, 5.74) is 6.04. The summed E-state index contributed by atoms with van der Waals surface area (Å²) in [5, 5.41) is 0. The molecular formula is C10H12Br2N2OS. The van der Waals surface area contributed by atoms with Gasteiger partial charge in [0, 0.05) is 28.4 Å². The molecule has 2 atom stereocenters. The maximum atomic E-state index is 11.7. The average molecular weight is 368 g/mol. The Bertz CT molecular complexity index is 401. The number of likely N-dealkylation sites (N-methyl/N-ethyl adjacent to an activating group) is 1. The lowest BCUT2D eigenvalue weighted by molar-refractivity contribution is -0.128. The molecule has 1 aromatic heterocycles. The van der Waals surface area contributed by atoms with Crippen molar-refractivity contribution < 1.29 is 4.79 Å². The number of likely N-dealkylation sites (tertiary alicyclic amines) is 1. The molecule has 0 radical (unpaired) electrons. The number of hydrogen-bond acceptors (Lipinski definition) is 3. The van der Waals surface area contributed by atoms with Gasteiger partial charge in [-0.15, -0.1) is 11.3 Å². The van der Waals surface area contributed by atoms with Crippen molar-refractivity contribution in [3.8, 4) is 0 Å². The highest BCUT2D eigenvalue weighted by molar-refractivity contribution is 9.13. The summed E-state index contributed by atoms with van der Waals surface area (Å²) in [4.78, 5) is 14.7. The fraction of sp³-hybridized carbons (Fsp3) is 0.500. The zero-order chi connectivity index (χ0) is 11.9. The third-order valence-electron chi connectivity index (χ3n) is 2.77. The molecule has 2 heterocycles. The molecule has 0 bridgehead atoms. The van der Waals surface area contributed by atoms with E-state index in [4.69, 9.17) is 5.73 Å². The lowest BCUT2D eigenvalue weighted by Gasteiger charge is -2.24. The van der Waals surface area contributed by atoms with Gasteiger partial charge in [0.05, 0.1) is 9.83 Å². The summed E-state index contributed by atoms with van der Waals surface area (Å²) in [5.74, 6) is 0.153. The SMILES string of the molecule is CCN1C(=O)CC(N)C1c1cc(Br)c(Br)s1. The summed E-state index contributed by atoms with van der Waals surface area (Å²) in [7, 11) is 0. The van der Waals surface area contributed by atoms with Crippen LogP contribution >= 0.6 is 43.2 Å². The molecular weight excluding hydrogens is 356 g/mol. The van der Waals surface area contributed by atoms with Gasteiger partial charge in [-0.1, -0.05) is 0 Å². The summed E-state index contributed by atoms with van der Waals surface area (Å²) in [6, 6.07) is 1.98. The molecule has 3 nitrogen and oxygen atoms in total. The fourth-order valence-electron chi connectivity index (χ4n) is 2.06. The Balaban J connectivity index is 2.35. The minimum Gasteiger partial charge on any atom is -0.333 e. The first-order chi connectivity index (χ1) is 7.54. The molecule has 1 saturated heterocycles. The van der Waals surface area contributed by atoms with E-state index in [1.54, 1.807) is 11.3 Å². The van der Waals surface area contributed by atoms with Crippen LogP contribution in [0, 0.1) is 0 Å². The Labute approximate surface area is 115 Å². The average Bonchev–Trinajstić information content (AvgIpc) is 2.67. The van der Waals surface area contributed by atoms with E-state index in [1.807, 2.05) is 17.9 Å². The van der Waals surface area contributed by atoms with Gasteiger partial charge in [-0.3, -0.25) is 4.79 Å². The van der Waals surface area contributed by atoms with Crippen LogP contribution in [0.25, 0.3) is 0 Å². The third kappa shape index (κ3) is 2.08. The number of nitrogens with zero attached hydrogens (tertiary/aromatic N) is 1. The smallest absolute Gasteiger partial charge is 0.224 e. The van der Waals surface area contributed by atoms with Crippen LogP contribution in [-0.2, 0) is 4.79 Å². The minimum atomic E-state index is -0.0927.